The lowest BCUT2D eigenvalue weighted by Gasteiger charge is -2.31. The zero-order valence-electron chi connectivity index (χ0n) is 14.2. The van der Waals surface area contributed by atoms with Crippen molar-refractivity contribution in [1.29, 1.82) is 5.26 Å². The van der Waals surface area contributed by atoms with Crippen LogP contribution in [0.3, 0.4) is 0 Å². The molecule has 1 amide bonds. The first-order valence-corrected chi connectivity index (χ1v) is 7.87. The van der Waals surface area contributed by atoms with Crippen LogP contribution in [0.2, 0.25) is 0 Å². The maximum Gasteiger partial charge on any atom is 0.410 e. The first kappa shape index (κ1) is 17.1. The van der Waals surface area contributed by atoms with Gasteiger partial charge in [-0.05, 0) is 45.7 Å². The molecule has 0 bridgehead atoms. The average Bonchev–Trinajstić information content (AvgIpc) is 2.93. The molecule has 1 atom stereocenters. The van der Waals surface area contributed by atoms with Gasteiger partial charge in [0.15, 0.2) is 0 Å². The highest BCUT2D eigenvalue weighted by Gasteiger charge is 2.30. The average molecular weight is 316 g/mol. The van der Waals surface area contributed by atoms with Gasteiger partial charge >= 0.3 is 6.09 Å². The number of amides is 1. The van der Waals surface area contributed by atoms with Gasteiger partial charge in [-0.1, -0.05) is 0 Å². The van der Waals surface area contributed by atoms with Crippen molar-refractivity contribution in [3.05, 3.63) is 23.9 Å². The summed E-state index contributed by atoms with van der Waals surface area (Å²) < 4.78 is 5.40. The lowest BCUT2D eigenvalue weighted by atomic mass is 10.2. The fourth-order valence-corrected chi connectivity index (χ4v) is 2.75. The fraction of sp³-hybridized carbons (Fsp3) is 0.588. The number of likely N-dealkylation sites (N-methyl/N-ethyl adjacent to an activating group) is 1. The summed E-state index contributed by atoms with van der Waals surface area (Å²) in [7, 11) is 1.74. The third-order valence-corrected chi connectivity index (χ3v) is 3.75. The number of anilines is 1. The summed E-state index contributed by atoms with van der Waals surface area (Å²) in [6.07, 6.45) is 3.36. The number of aromatic nitrogens is 1. The molecule has 1 aliphatic rings. The summed E-state index contributed by atoms with van der Waals surface area (Å²) >= 11 is 0. The molecule has 1 aromatic heterocycles. The van der Waals surface area contributed by atoms with Gasteiger partial charge in [0.25, 0.3) is 0 Å². The number of ether oxygens (including phenoxy) is 1. The predicted octanol–water partition coefficient (Wildman–Crippen LogP) is 2.79. The molecule has 0 spiro atoms. The van der Waals surface area contributed by atoms with Gasteiger partial charge in [0, 0.05) is 32.4 Å². The topological polar surface area (TPSA) is 69.5 Å². The molecule has 1 fully saturated rings. The molecule has 0 radical (unpaired) electrons. The van der Waals surface area contributed by atoms with Crippen molar-refractivity contribution >= 4 is 11.9 Å². The second-order valence-corrected chi connectivity index (χ2v) is 6.84. The quantitative estimate of drug-likeness (QED) is 0.857. The van der Waals surface area contributed by atoms with E-state index in [1.807, 2.05) is 20.8 Å². The Labute approximate surface area is 137 Å². The fourth-order valence-electron chi connectivity index (χ4n) is 2.75. The Morgan fingerprint density at radius 2 is 2.30 bits per heavy atom. The minimum Gasteiger partial charge on any atom is -0.444 e. The monoisotopic (exact) mass is 316 g/mol. The minimum absolute atomic E-state index is 0.148. The van der Waals surface area contributed by atoms with Gasteiger partial charge in [-0.15, -0.1) is 0 Å². The molecule has 124 valence electrons. The van der Waals surface area contributed by atoms with Crippen LogP contribution in [0.1, 0.15) is 39.2 Å². The number of rotatable bonds is 3. The summed E-state index contributed by atoms with van der Waals surface area (Å²) in [6, 6.07) is 5.88. The first-order chi connectivity index (χ1) is 10.8. The standard InChI is InChI=1S/C17H24N4O2/c1-17(2,3)23-16(22)20(4)12-14-8-6-10-21(14)15-13(11-18)7-5-9-19-15/h5,7,9,14H,6,8,10,12H2,1-4H3. The Morgan fingerprint density at radius 3 is 2.96 bits per heavy atom. The number of carbonyl (C=O) groups is 1. The first-order valence-electron chi connectivity index (χ1n) is 7.87. The van der Waals surface area contributed by atoms with Crippen LogP contribution in [0.15, 0.2) is 18.3 Å². The van der Waals surface area contributed by atoms with Crippen LogP contribution in [-0.4, -0.2) is 47.8 Å². The van der Waals surface area contributed by atoms with Crippen LogP contribution < -0.4 is 4.90 Å². The minimum atomic E-state index is -0.504. The van der Waals surface area contributed by atoms with E-state index in [2.05, 4.69) is 16.0 Å². The van der Waals surface area contributed by atoms with Crippen molar-refractivity contribution in [2.75, 3.05) is 25.0 Å². The third kappa shape index (κ3) is 4.35. The van der Waals surface area contributed by atoms with Crippen molar-refractivity contribution in [3.63, 3.8) is 0 Å². The number of nitriles is 1. The molecule has 1 aliphatic heterocycles. The molecular weight excluding hydrogens is 292 g/mol. The van der Waals surface area contributed by atoms with Crippen LogP contribution in [0.5, 0.6) is 0 Å². The largest absolute Gasteiger partial charge is 0.444 e. The van der Waals surface area contributed by atoms with E-state index in [1.165, 1.54) is 0 Å². The third-order valence-electron chi connectivity index (χ3n) is 3.75. The molecule has 1 unspecified atom stereocenters. The second kappa shape index (κ2) is 6.86. The van der Waals surface area contributed by atoms with Crippen LogP contribution in [-0.2, 0) is 4.74 Å². The SMILES string of the molecule is CN(CC1CCCN1c1ncccc1C#N)C(=O)OC(C)(C)C. The molecule has 2 rings (SSSR count). The molecule has 0 aliphatic carbocycles. The molecule has 0 aromatic carbocycles. The highest BCUT2D eigenvalue weighted by molar-refractivity contribution is 5.68. The van der Waals surface area contributed by atoms with E-state index in [4.69, 9.17) is 4.74 Å². The van der Waals surface area contributed by atoms with Gasteiger partial charge in [0.1, 0.15) is 17.5 Å². The molecule has 2 heterocycles. The molecule has 0 saturated carbocycles. The van der Waals surface area contributed by atoms with Gasteiger partial charge in [-0.2, -0.15) is 5.26 Å². The number of carbonyl (C=O) groups excluding carboxylic acids is 1. The van der Waals surface area contributed by atoms with Crippen LogP contribution in [0, 0.1) is 11.3 Å². The Morgan fingerprint density at radius 1 is 1.57 bits per heavy atom. The summed E-state index contributed by atoms with van der Waals surface area (Å²) in [5.74, 6) is 0.704. The molecule has 6 nitrogen and oxygen atoms in total. The number of nitrogens with zero attached hydrogens (tertiary/aromatic N) is 4. The summed E-state index contributed by atoms with van der Waals surface area (Å²) in [5.41, 5.74) is 0.0645. The normalized spacial score (nSPS) is 17.7. The van der Waals surface area contributed by atoms with Crippen molar-refractivity contribution < 1.29 is 9.53 Å². The van der Waals surface area contributed by atoms with E-state index in [1.54, 1.807) is 30.3 Å². The maximum absolute atomic E-state index is 12.1. The van der Waals surface area contributed by atoms with Crippen LogP contribution >= 0.6 is 0 Å². The Kier molecular flexibility index (Phi) is 5.09. The van der Waals surface area contributed by atoms with E-state index in [0.29, 0.717) is 17.9 Å². The van der Waals surface area contributed by atoms with E-state index in [-0.39, 0.29) is 12.1 Å². The highest BCUT2D eigenvalue weighted by atomic mass is 16.6. The van der Waals surface area contributed by atoms with E-state index in [0.717, 1.165) is 19.4 Å². The zero-order valence-corrected chi connectivity index (χ0v) is 14.2. The molecular formula is C17H24N4O2. The van der Waals surface area contributed by atoms with E-state index in [9.17, 15) is 10.1 Å². The number of hydrogen-bond donors (Lipinski definition) is 0. The molecule has 6 heteroatoms. The van der Waals surface area contributed by atoms with Gasteiger partial charge in [0.05, 0.1) is 5.56 Å². The smallest absolute Gasteiger partial charge is 0.410 e. The summed E-state index contributed by atoms with van der Waals surface area (Å²) in [5, 5.41) is 9.26. The van der Waals surface area contributed by atoms with Gasteiger partial charge < -0.3 is 14.5 Å². The van der Waals surface area contributed by atoms with Gasteiger partial charge in [-0.25, -0.2) is 9.78 Å². The van der Waals surface area contributed by atoms with Crippen molar-refractivity contribution in [2.24, 2.45) is 0 Å². The Balaban J connectivity index is 2.08. The lowest BCUT2D eigenvalue weighted by molar-refractivity contribution is 0.0290. The van der Waals surface area contributed by atoms with Gasteiger partial charge in [0.2, 0.25) is 0 Å². The molecule has 1 saturated heterocycles. The van der Waals surface area contributed by atoms with Gasteiger partial charge in [-0.3, -0.25) is 0 Å². The van der Waals surface area contributed by atoms with Crippen molar-refractivity contribution in [3.8, 4) is 6.07 Å². The predicted molar refractivity (Wildman–Crippen MR) is 88.2 cm³/mol. The molecule has 0 N–H and O–H groups in total. The number of hydrogen-bond acceptors (Lipinski definition) is 5. The second-order valence-electron chi connectivity index (χ2n) is 6.84. The van der Waals surface area contributed by atoms with Crippen molar-refractivity contribution in [1.82, 2.24) is 9.88 Å². The van der Waals surface area contributed by atoms with Crippen LogP contribution in [0.25, 0.3) is 0 Å². The van der Waals surface area contributed by atoms with Crippen molar-refractivity contribution in [2.45, 2.75) is 45.3 Å². The molecule has 1 aromatic rings. The highest BCUT2D eigenvalue weighted by Crippen LogP contribution is 2.27. The van der Waals surface area contributed by atoms with E-state index >= 15 is 0 Å². The lowest BCUT2D eigenvalue weighted by Crippen LogP contribution is -2.43. The summed E-state index contributed by atoms with van der Waals surface area (Å²) in [4.78, 5) is 20.2. The van der Waals surface area contributed by atoms with Crippen LogP contribution in [0.4, 0.5) is 10.6 Å². The summed E-state index contributed by atoms with van der Waals surface area (Å²) in [6.45, 7) is 6.96. The molecule has 23 heavy (non-hydrogen) atoms. The Bertz CT molecular complexity index is 603. The van der Waals surface area contributed by atoms with E-state index < -0.39 is 5.60 Å². The zero-order chi connectivity index (χ0) is 17.0. The maximum atomic E-state index is 12.1. The number of pyridine rings is 1. The Hall–Kier alpha value is -2.29.